The van der Waals surface area contributed by atoms with Gasteiger partial charge in [-0.2, -0.15) is 0 Å². The van der Waals surface area contributed by atoms with Gasteiger partial charge in [-0.15, -0.1) is 0 Å². The van der Waals surface area contributed by atoms with Crippen LogP contribution in [0.2, 0.25) is 0 Å². The monoisotopic (exact) mass is 275 g/mol. The summed E-state index contributed by atoms with van der Waals surface area (Å²) >= 11 is 0. The Balaban J connectivity index is 1.73. The number of rotatable bonds is 6. The van der Waals surface area contributed by atoms with E-state index in [1.54, 1.807) is 0 Å². The predicted molar refractivity (Wildman–Crippen MR) is 81.9 cm³/mol. The first-order valence-electron chi connectivity index (χ1n) is 7.78. The summed E-state index contributed by atoms with van der Waals surface area (Å²) in [7, 11) is 0. The number of aryl methyl sites for hydroxylation is 1. The Kier molecular flexibility index (Phi) is 6.06. The van der Waals surface area contributed by atoms with Crippen molar-refractivity contribution in [3.63, 3.8) is 0 Å². The van der Waals surface area contributed by atoms with Crippen molar-refractivity contribution in [1.82, 2.24) is 0 Å². The molecule has 0 spiro atoms. The van der Waals surface area contributed by atoms with Crippen molar-refractivity contribution in [1.29, 1.82) is 0 Å². The van der Waals surface area contributed by atoms with Crippen molar-refractivity contribution in [3.05, 3.63) is 29.8 Å². The highest BCUT2D eigenvalue weighted by Gasteiger charge is 2.15. The van der Waals surface area contributed by atoms with Crippen LogP contribution in [0.5, 0.6) is 0 Å². The zero-order chi connectivity index (χ0) is 14.2. The normalized spacial score (nSPS) is 16.1. The van der Waals surface area contributed by atoms with E-state index >= 15 is 0 Å². The minimum Gasteiger partial charge on any atom is -0.368 e. The van der Waals surface area contributed by atoms with Crippen LogP contribution in [0, 0.1) is 0 Å². The molecule has 1 fully saturated rings. The Bertz CT molecular complexity index is 408. The van der Waals surface area contributed by atoms with Gasteiger partial charge in [0, 0.05) is 5.69 Å². The smallest absolute Gasteiger partial charge is 0.250 e. The first-order chi connectivity index (χ1) is 9.78. The molecule has 1 amide bonds. The lowest BCUT2D eigenvalue weighted by Crippen LogP contribution is -2.24. The summed E-state index contributed by atoms with van der Waals surface area (Å²) < 4.78 is 5.67. The van der Waals surface area contributed by atoms with Gasteiger partial charge in [-0.05, 0) is 37.0 Å². The molecule has 1 aliphatic carbocycles. The fourth-order valence-electron chi connectivity index (χ4n) is 2.67. The van der Waals surface area contributed by atoms with Gasteiger partial charge < -0.3 is 10.1 Å². The summed E-state index contributed by atoms with van der Waals surface area (Å²) in [6.45, 7) is 2.33. The molecule has 110 valence electrons. The van der Waals surface area contributed by atoms with E-state index in [-0.39, 0.29) is 18.6 Å². The van der Waals surface area contributed by atoms with Gasteiger partial charge >= 0.3 is 0 Å². The maximum Gasteiger partial charge on any atom is 0.250 e. The number of benzene rings is 1. The molecule has 0 saturated heterocycles. The maximum absolute atomic E-state index is 11.8. The van der Waals surface area contributed by atoms with Crippen LogP contribution in [-0.2, 0) is 16.0 Å². The third-order valence-electron chi connectivity index (χ3n) is 3.78. The number of hydrogen-bond acceptors (Lipinski definition) is 2. The van der Waals surface area contributed by atoms with Crippen LogP contribution >= 0.6 is 0 Å². The van der Waals surface area contributed by atoms with Crippen LogP contribution in [0.4, 0.5) is 5.69 Å². The SMILES string of the molecule is CCCc1ccc(NC(=O)COC2CCCCC2)cc1. The first-order valence-corrected chi connectivity index (χ1v) is 7.78. The molecular formula is C17H25NO2. The van der Waals surface area contributed by atoms with Gasteiger partial charge in [0.2, 0.25) is 5.91 Å². The molecule has 0 aliphatic heterocycles. The van der Waals surface area contributed by atoms with Crippen molar-refractivity contribution in [3.8, 4) is 0 Å². The number of nitrogens with one attached hydrogen (secondary N) is 1. The van der Waals surface area contributed by atoms with Crippen molar-refractivity contribution >= 4 is 11.6 Å². The fraction of sp³-hybridized carbons (Fsp3) is 0.588. The largest absolute Gasteiger partial charge is 0.368 e. The fourth-order valence-corrected chi connectivity index (χ4v) is 2.67. The van der Waals surface area contributed by atoms with Crippen molar-refractivity contribution in [2.75, 3.05) is 11.9 Å². The van der Waals surface area contributed by atoms with Crippen LogP contribution in [0.15, 0.2) is 24.3 Å². The standard InChI is InChI=1S/C17H25NO2/c1-2-6-14-9-11-15(12-10-14)18-17(19)13-20-16-7-4-3-5-8-16/h9-12,16H,2-8,13H2,1H3,(H,18,19). The molecule has 2 rings (SSSR count). The Labute approximate surface area is 121 Å². The summed E-state index contributed by atoms with van der Waals surface area (Å²) in [5.41, 5.74) is 2.16. The van der Waals surface area contributed by atoms with E-state index in [9.17, 15) is 4.79 Å². The highest BCUT2D eigenvalue weighted by atomic mass is 16.5. The second-order valence-electron chi connectivity index (χ2n) is 5.57. The minimum absolute atomic E-state index is 0.0567. The number of hydrogen-bond donors (Lipinski definition) is 1. The van der Waals surface area contributed by atoms with E-state index < -0.39 is 0 Å². The zero-order valence-corrected chi connectivity index (χ0v) is 12.4. The Hall–Kier alpha value is -1.35. The summed E-state index contributed by atoms with van der Waals surface area (Å²) in [5, 5.41) is 2.89. The highest BCUT2D eigenvalue weighted by molar-refractivity contribution is 5.91. The lowest BCUT2D eigenvalue weighted by atomic mass is 9.98. The third-order valence-corrected chi connectivity index (χ3v) is 3.78. The second kappa shape index (κ2) is 8.05. The zero-order valence-electron chi connectivity index (χ0n) is 12.4. The summed E-state index contributed by atoms with van der Waals surface area (Å²) in [6, 6.07) is 8.06. The lowest BCUT2D eigenvalue weighted by molar-refractivity contribution is -0.123. The molecule has 1 aromatic rings. The average Bonchev–Trinajstić information content (AvgIpc) is 2.49. The van der Waals surface area contributed by atoms with Crippen LogP contribution in [0.1, 0.15) is 51.0 Å². The van der Waals surface area contributed by atoms with Gasteiger partial charge in [-0.25, -0.2) is 0 Å². The molecule has 0 bridgehead atoms. The van der Waals surface area contributed by atoms with Gasteiger partial charge in [-0.3, -0.25) is 4.79 Å². The molecule has 1 N–H and O–H groups in total. The lowest BCUT2D eigenvalue weighted by Gasteiger charge is -2.21. The van der Waals surface area contributed by atoms with Crippen LogP contribution in [0.25, 0.3) is 0 Å². The minimum atomic E-state index is -0.0567. The summed E-state index contributed by atoms with van der Waals surface area (Å²) in [6.07, 6.45) is 8.45. The number of anilines is 1. The van der Waals surface area contributed by atoms with Gasteiger partial charge in [0.1, 0.15) is 6.61 Å². The Morgan fingerprint density at radius 1 is 1.20 bits per heavy atom. The molecule has 0 unspecified atom stereocenters. The molecule has 1 saturated carbocycles. The summed E-state index contributed by atoms with van der Waals surface area (Å²) in [4.78, 5) is 11.8. The van der Waals surface area contributed by atoms with E-state index in [4.69, 9.17) is 4.74 Å². The molecule has 0 atom stereocenters. The number of carbonyl (C=O) groups excluding carboxylic acids is 1. The van der Waals surface area contributed by atoms with E-state index in [1.165, 1.54) is 24.8 Å². The highest BCUT2D eigenvalue weighted by Crippen LogP contribution is 2.20. The van der Waals surface area contributed by atoms with Crippen LogP contribution in [-0.4, -0.2) is 18.6 Å². The van der Waals surface area contributed by atoms with Crippen molar-refractivity contribution < 1.29 is 9.53 Å². The molecule has 20 heavy (non-hydrogen) atoms. The molecule has 0 aromatic heterocycles. The molecule has 0 heterocycles. The number of amides is 1. The first kappa shape index (κ1) is 15.0. The Morgan fingerprint density at radius 3 is 2.55 bits per heavy atom. The number of ether oxygens (including phenoxy) is 1. The van der Waals surface area contributed by atoms with Crippen molar-refractivity contribution in [2.24, 2.45) is 0 Å². The molecule has 1 aliphatic rings. The second-order valence-corrected chi connectivity index (χ2v) is 5.57. The van der Waals surface area contributed by atoms with Gasteiger partial charge in [0.15, 0.2) is 0 Å². The van der Waals surface area contributed by atoms with Gasteiger partial charge in [0.05, 0.1) is 6.10 Å². The summed E-state index contributed by atoms with van der Waals surface area (Å²) in [5.74, 6) is -0.0567. The van der Waals surface area contributed by atoms with Crippen molar-refractivity contribution in [2.45, 2.75) is 58.0 Å². The Morgan fingerprint density at radius 2 is 1.90 bits per heavy atom. The van der Waals surface area contributed by atoms with E-state index in [0.29, 0.717) is 0 Å². The van der Waals surface area contributed by atoms with Crippen LogP contribution in [0.3, 0.4) is 0 Å². The van der Waals surface area contributed by atoms with E-state index in [1.807, 2.05) is 12.1 Å². The van der Waals surface area contributed by atoms with E-state index in [2.05, 4.69) is 24.4 Å². The van der Waals surface area contributed by atoms with E-state index in [0.717, 1.165) is 31.4 Å². The molecular weight excluding hydrogens is 250 g/mol. The third kappa shape index (κ3) is 4.97. The number of carbonyl (C=O) groups is 1. The molecule has 3 heteroatoms. The maximum atomic E-state index is 11.8. The van der Waals surface area contributed by atoms with Gasteiger partial charge in [0.25, 0.3) is 0 Å². The molecule has 0 radical (unpaired) electrons. The quantitative estimate of drug-likeness (QED) is 0.854. The topological polar surface area (TPSA) is 38.3 Å². The van der Waals surface area contributed by atoms with Crippen LogP contribution < -0.4 is 5.32 Å². The molecule has 3 nitrogen and oxygen atoms in total. The molecule has 1 aromatic carbocycles. The predicted octanol–water partition coefficient (Wildman–Crippen LogP) is 3.93. The van der Waals surface area contributed by atoms with Gasteiger partial charge in [-0.1, -0.05) is 44.7 Å². The average molecular weight is 275 g/mol.